The first-order valence-electron chi connectivity index (χ1n) is 7.04. The Kier molecular flexibility index (Phi) is 4.54. The summed E-state index contributed by atoms with van der Waals surface area (Å²) in [5.41, 5.74) is 2.66. The molecule has 1 aliphatic rings. The molecular formula is C17H18ClNS. The quantitative estimate of drug-likeness (QED) is 0.711. The predicted octanol–water partition coefficient (Wildman–Crippen LogP) is 5.23. The summed E-state index contributed by atoms with van der Waals surface area (Å²) in [4.78, 5) is 3.87. The normalized spacial score (nSPS) is 14.8. The molecule has 3 rings (SSSR count). The van der Waals surface area contributed by atoms with E-state index in [0.29, 0.717) is 0 Å². The Bertz CT molecular complexity index is 579. The van der Waals surface area contributed by atoms with Gasteiger partial charge in [0.05, 0.1) is 5.69 Å². The number of hydrogen-bond acceptors (Lipinski definition) is 2. The second-order valence-corrected chi connectivity index (χ2v) is 6.53. The van der Waals surface area contributed by atoms with Crippen molar-refractivity contribution in [1.29, 1.82) is 0 Å². The van der Waals surface area contributed by atoms with Crippen molar-refractivity contribution in [1.82, 2.24) is 0 Å². The van der Waals surface area contributed by atoms with E-state index >= 15 is 0 Å². The Balaban J connectivity index is 1.74. The molecule has 0 aliphatic carbocycles. The van der Waals surface area contributed by atoms with Crippen LogP contribution in [0.5, 0.6) is 0 Å². The molecule has 3 heteroatoms. The third-order valence-electron chi connectivity index (χ3n) is 3.60. The predicted molar refractivity (Wildman–Crippen MR) is 88.9 cm³/mol. The first-order valence-corrected chi connectivity index (χ1v) is 8.40. The summed E-state index contributed by atoms with van der Waals surface area (Å²) in [6.45, 7) is 2.38. The van der Waals surface area contributed by atoms with E-state index in [1.165, 1.54) is 42.1 Å². The summed E-state index contributed by atoms with van der Waals surface area (Å²) in [6.07, 6.45) is 2.63. The Morgan fingerprint density at radius 2 is 1.80 bits per heavy atom. The van der Waals surface area contributed by atoms with E-state index in [0.717, 1.165) is 10.8 Å². The van der Waals surface area contributed by atoms with Crippen molar-refractivity contribution in [2.75, 3.05) is 18.0 Å². The van der Waals surface area contributed by atoms with Crippen molar-refractivity contribution in [3.63, 3.8) is 0 Å². The highest BCUT2D eigenvalue weighted by atomic mass is 35.5. The van der Waals surface area contributed by atoms with Crippen LogP contribution in [0.1, 0.15) is 18.4 Å². The smallest absolute Gasteiger partial charge is 0.0504 e. The zero-order valence-corrected chi connectivity index (χ0v) is 13.0. The number of hydrogen-bond donors (Lipinski definition) is 0. The molecule has 0 amide bonds. The highest BCUT2D eigenvalue weighted by Crippen LogP contribution is 2.34. The summed E-state index contributed by atoms with van der Waals surface area (Å²) in [6, 6.07) is 16.9. The van der Waals surface area contributed by atoms with Gasteiger partial charge in [0.2, 0.25) is 0 Å². The second-order valence-electron chi connectivity index (χ2n) is 5.08. The highest BCUT2D eigenvalue weighted by Gasteiger charge is 2.15. The van der Waals surface area contributed by atoms with Gasteiger partial charge in [-0.05, 0) is 42.7 Å². The first-order chi connectivity index (χ1) is 9.83. The lowest BCUT2D eigenvalue weighted by atomic mass is 10.2. The van der Waals surface area contributed by atoms with Crippen LogP contribution in [0.3, 0.4) is 0 Å². The van der Waals surface area contributed by atoms with Crippen LogP contribution in [0.15, 0.2) is 53.4 Å². The van der Waals surface area contributed by atoms with Gasteiger partial charge in [-0.25, -0.2) is 0 Å². The van der Waals surface area contributed by atoms with Gasteiger partial charge in [0.25, 0.3) is 0 Å². The number of benzene rings is 2. The van der Waals surface area contributed by atoms with E-state index in [1.54, 1.807) is 0 Å². The number of anilines is 1. The fourth-order valence-electron chi connectivity index (χ4n) is 2.59. The third-order valence-corrected chi connectivity index (χ3v) is 4.96. The molecule has 2 aromatic carbocycles. The summed E-state index contributed by atoms with van der Waals surface area (Å²) in [7, 11) is 0. The van der Waals surface area contributed by atoms with Gasteiger partial charge in [-0.3, -0.25) is 0 Å². The zero-order valence-electron chi connectivity index (χ0n) is 11.4. The van der Waals surface area contributed by atoms with E-state index < -0.39 is 0 Å². The molecule has 1 aliphatic heterocycles. The maximum Gasteiger partial charge on any atom is 0.0504 e. The third kappa shape index (κ3) is 3.31. The zero-order chi connectivity index (χ0) is 13.8. The molecule has 0 aromatic heterocycles. The van der Waals surface area contributed by atoms with Gasteiger partial charge >= 0.3 is 0 Å². The summed E-state index contributed by atoms with van der Waals surface area (Å²) >= 11 is 7.94. The van der Waals surface area contributed by atoms with Crippen LogP contribution in [0.4, 0.5) is 5.69 Å². The van der Waals surface area contributed by atoms with Crippen molar-refractivity contribution >= 4 is 29.1 Å². The molecule has 0 bridgehead atoms. The van der Waals surface area contributed by atoms with Crippen LogP contribution < -0.4 is 4.90 Å². The van der Waals surface area contributed by atoms with Crippen molar-refractivity contribution in [3.8, 4) is 0 Å². The average molecular weight is 304 g/mol. The number of rotatable bonds is 4. The molecule has 0 atom stereocenters. The minimum absolute atomic E-state index is 0.816. The number of para-hydroxylation sites is 1. The van der Waals surface area contributed by atoms with Crippen molar-refractivity contribution < 1.29 is 0 Å². The molecule has 0 N–H and O–H groups in total. The van der Waals surface area contributed by atoms with Crippen LogP contribution in [-0.4, -0.2) is 13.1 Å². The van der Waals surface area contributed by atoms with Crippen LogP contribution in [0.2, 0.25) is 5.02 Å². The monoisotopic (exact) mass is 303 g/mol. The number of thioether (sulfide) groups is 1. The lowest BCUT2D eigenvalue weighted by Gasteiger charge is -2.21. The first kappa shape index (κ1) is 13.8. The Morgan fingerprint density at radius 3 is 2.60 bits per heavy atom. The molecule has 104 valence electrons. The van der Waals surface area contributed by atoms with Gasteiger partial charge in [-0.15, -0.1) is 11.8 Å². The Morgan fingerprint density at radius 1 is 1.00 bits per heavy atom. The van der Waals surface area contributed by atoms with E-state index in [4.69, 9.17) is 11.6 Å². The second kappa shape index (κ2) is 6.55. The Labute approximate surface area is 129 Å². The summed E-state index contributed by atoms with van der Waals surface area (Å²) in [5.74, 6) is 0.964. The molecule has 0 spiro atoms. The molecule has 1 saturated heterocycles. The maximum absolute atomic E-state index is 6.04. The van der Waals surface area contributed by atoms with Crippen molar-refractivity contribution in [3.05, 3.63) is 59.1 Å². The molecule has 0 saturated carbocycles. The Hall–Kier alpha value is -1.12. The van der Waals surface area contributed by atoms with Crippen LogP contribution in [0, 0.1) is 0 Å². The fourth-order valence-corrected chi connectivity index (χ4v) is 3.82. The molecule has 1 fully saturated rings. The molecule has 1 nitrogen and oxygen atoms in total. The molecule has 1 heterocycles. The molecule has 0 radical (unpaired) electrons. The standard InChI is InChI=1S/C17H18ClNS/c18-15-7-5-6-14(12-15)13-20-17-9-2-1-8-16(17)19-10-3-4-11-19/h1-2,5-9,12H,3-4,10-11,13H2. The minimum Gasteiger partial charge on any atom is -0.371 e. The largest absolute Gasteiger partial charge is 0.371 e. The lowest BCUT2D eigenvalue weighted by molar-refractivity contribution is 0.949. The molecule has 20 heavy (non-hydrogen) atoms. The lowest BCUT2D eigenvalue weighted by Crippen LogP contribution is -2.18. The molecule has 2 aromatic rings. The van der Waals surface area contributed by atoms with Gasteiger partial charge in [0.15, 0.2) is 0 Å². The van der Waals surface area contributed by atoms with Crippen LogP contribution >= 0.6 is 23.4 Å². The van der Waals surface area contributed by atoms with Crippen molar-refractivity contribution in [2.45, 2.75) is 23.5 Å². The van der Waals surface area contributed by atoms with Crippen LogP contribution in [-0.2, 0) is 5.75 Å². The van der Waals surface area contributed by atoms with E-state index in [1.807, 2.05) is 30.0 Å². The number of halogens is 1. The summed E-state index contributed by atoms with van der Waals surface area (Å²) < 4.78 is 0. The topological polar surface area (TPSA) is 3.24 Å². The number of nitrogens with zero attached hydrogens (tertiary/aromatic N) is 1. The highest BCUT2D eigenvalue weighted by molar-refractivity contribution is 7.98. The maximum atomic E-state index is 6.04. The SMILES string of the molecule is Clc1cccc(CSc2ccccc2N2CCCC2)c1. The van der Waals surface area contributed by atoms with E-state index in [-0.39, 0.29) is 0 Å². The van der Waals surface area contributed by atoms with Gasteiger partial charge in [0.1, 0.15) is 0 Å². The van der Waals surface area contributed by atoms with E-state index in [2.05, 4.69) is 35.2 Å². The fraction of sp³-hybridized carbons (Fsp3) is 0.294. The minimum atomic E-state index is 0.816. The summed E-state index contributed by atoms with van der Waals surface area (Å²) in [5, 5.41) is 0.816. The molecular weight excluding hydrogens is 286 g/mol. The van der Waals surface area contributed by atoms with E-state index in [9.17, 15) is 0 Å². The molecule has 0 unspecified atom stereocenters. The van der Waals surface area contributed by atoms with Crippen molar-refractivity contribution in [2.24, 2.45) is 0 Å². The average Bonchev–Trinajstić information content (AvgIpc) is 3.00. The van der Waals surface area contributed by atoms with Gasteiger partial charge in [-0.1, -0.05) is 35.9 Å². The van der Waals surface area contributed by atoms with Gasteiger partial charge in [-0.2, -0.15) is 0 Å². The van der Waals surface area contributed by atoms with Crippen LogP contribution in [0.25, 0.3) is 0 Å². The van der Waals surface area contributed by atoms with Gasteiger partial charge in [0, 0.05) is 28.8 Å². The van der Waals surface area contributed by atoms with Gasteiger partial charge < -0.3 is 4.90 Å².